The van der Waals surface area contributed by atoms with Crippen molar-refractivity contribution in [2.24, 2.45) is 11.3 Å². The minimum Gasteiger partial charge on any atom is -0.312 e. The Balaban J connectivity index is 2.59. The Morgan fingerprint density at radius 1 is 1.06 bits per heavy atom. The molecule has 1 aliphatic rings. The van der Waals surface area contributed by atoms with Gasteiger partial charge in [0.05, 0.1) is 0 Å². The monoisotopic (exact) mass is 241 g/mol. The lowest BCUT2D eigenvalue weighted by molar-refractivity contribution is 0.253. The molecule has 1 fully saturated rings. The van der Waals surface area contributed by atoms with Crippen LogP contribution in [0.4, 0.5) is 0 Å². The molecule has 0 amide bonds. The van der Waals surface area contributed by atoms with Crippen molar-refractivity contribution < 1.29 is 0 Å². The fourth-order valence-corrected chi connectivity index (χ4v) is 5.65. The normalized spacial score (nSPS) is 21.9. The molecule has 0 aromatic carbocycles. The van der Waals surface area contributed by atoms with E-state index >= 15 is 0 Å². The van der Waals surface area contributed by atoms with Crippen molar-refractivity contribution in [1.82, 2.24) is 5.32 Å². The van der Waals surface area contributed by atoms with Gasteiger partial charge in [0, 0.05) is 20.2 Å². The molecule has 0 heterocycles. The highest BCUT2D eigenvalue weighted by Crippen LogP contribution is 2.49. The van der Waals surface area contributed by atoms with E-state index in [0.29, 0.717) is 5.41 Å². The Morgan fingerprint density at radius 3 is 1.88 bits per heavy atom. The van der Waals surface area contributed by atoms with E-state index in [1.54, 1.807) is 0 Å². The molecule has 1 unspecified atom stereocenters. The van der Waals surface area contributed by atoms with Crippen LogP contribution in [0.25, 0.3) is 0 Å². The Morgan fingerprint density at radius 2 is 1.56 bits per heavy atom. The quantitative estimate of drug-likeness (QED) is 0.714. The van der Waals surface area contributed by atoms with Crippen molar-refractivity contribution in [3.8, 4) is 0 Å². The van der Waals surface area contributed by atoms with Gasteiger partial charge in [-0.25, -0.2) is 0 Å². The molecule has 1 N–H and O–H groups in total. The van der Waals surface area contributed by atoms with Gasteiger partial charge in [-0.15, -0.1) is 0 Å². The molecule has 1 saturated carbocycles. The predicted molar refractivity (Wildman–Crippen MR) is 76.7 cm³/mol. The van der Waals surface area contributed by atoms with E-state index in [0.717, 1.165) is 5.92 Å². The van der Waals surface area contributed by atoms with Gasteiger partial charge in [0.2, 0.25) is 0 Å². The highest BCUT2D eigenvalue weighted by Gasteiger charge is 2.43. The van der Waals surface area contributed by atoms with E-state index in [-0.39, 0.29) is 5.54 Å². The first kappa shape index (κ1) is 14.2. The lowest BCUT2D eigenvalue weighted by Crippen LogP contribution is -2.46. The first-order chi connectivity index (χ1) is 7.02. The van der Waals surface area contributed by atoms with E-state index in [4.69, 9.17) is 0 Å². The molecular formula is C14H31NSi. The fraction of sp³-hybridized carbons (Fsp3) is 1.00. The molecule has 1 rings (SSSR count). The third kappa shape index (κ3) is 5.01. The van der Waals surface area contributed by atoms with Gasteiger partial charge in [-0.05, 0) is 44.9 Å². The van der Waals surface area contributed by atoms with Gasteiger partial charge in [-0.3, -0.25) is 0 Å². The van der Waals surface area contributed by atoms with E-state index in [9.17, 15) is 0 Å². The minimum absolute atomic E-state index is 0.260. The van der Waals surface area contributed by atoms with Crippen LogP contribution in [0.1, 0.15) is 40.5 Å². The molecule has 0 radical (unpaired) electrons. The van der Waals surface area contributed by atoms with Gasteiger partial charge in [-0.1, -0.05) is 32.6 Å². The maximum Gasteiger partial charge on any atom is 0.0448 e. The summed E-state index contributed by atoms with van der Waals surface area (Å²) in [5.41, 5.74) is 0.813. The molecule has 1 atom stereocenters. The molecule has 96 valence electrons. The largest absolute Gasteiger partial charge is 0.312 e. The summed E-state index contributed by atoms with van der Waals surface area (Å²) in [6.07, 6.45) is 2.93. The SMILES string of the molecule is CC(C)(C)NCC(C)(C[Si](C)(C)C)C1CC1. The average Bonchev–Trinajstić information content (AvgIpc) is 2.77. The lowest BCUT2D eigenvalue weighted by Gasteiger charge is -2.38. The molecule has 1 nitrogen and oxygen atoms in total. The van der Waals surface area contributed by atoms with Crippen LogP contribution in [0.5, 0.6) is 0 Å². The van der Waals surface area contributed by atoms with Gasteiger partial charge in [0.15, 0.2) is 0 Å². The number of hydrogen-bond donors (Lipinski definition) is 1. The molecule has 0 aliphatic heterocycles. The summed E-state index contributed by atoms with van der Waals surface area (Å²) in [6, 6.07) is 1.47. The van der Waals surface area contributed by atoms with E-state index < -0.39 is 8.07 Å². The van der Waals surface area contributed by atoms with Crippen LogP contribution in [-0.4, -0.2) is 20.2 Å². The summed E-state index contributed by atoms with van der Waals surface area (Å²) in [5.74, 6) is 0.995. The van der Waals surface area contributed by atoms with E-state index in [1.165, 1.54) is 25.4 Å². The number of rotatable bonds is 5. The van der Waals surface area contributed by atoms with Crippen molar-refractivity contribution in [3.63, 3.8) is 0 Å². The zero-order valence-corrected chi connectivity index (χ0v) is 13.4. The first-order valence-corrected chi connectivity index (χ1v) is 10.5. The standard InChI is InChI=1S/C14H31NSi/c1-13(2,3)15-10-14(4,12-8-9-12)11-16(5,6)7/h12,15H,8-11H2,1-7H3. The Kier molecular flexibility index (Phi) is 3.96. The summed E-state index contributed by atoms with van der Waals surface area (Å²) < 4.78 is 0. The highest BCUT2D eigenvalue weighted by atomic mass is 28.3. The van der Waals surface area contributed by atoms with Crippen LogP contribution < -0.4 is 5.32 Å². The van der Waals surface area contributed by atoms with E-state index in [1.807, 2.05) is 0 Å². The Hall–Kier alpha value is 0.177. The van der Waals surface area contributed by atoms with Crippen molar-refractivity contribution in [2.45, 2.75) is 71.8 Å². The molecular weight excluding hydrogens is 210 g/mol. The number of nitrogens with one attached hydrogen (secondary N) is 1. The van der Waals surface area contributed by atoms with Crippen molar-refractivity contribution in [3.05, 3.63) is 0 Å². The zero-order chi connectivity index (χ0) is 12.6. The summed E-state index contributed by atoms with van der Waals surface area (Å²) in [5, 5.41) is 3.73. The summed E-state index contributed by atoms with van der Waals surface area (Å²) in [6.45, 7) is 18.0. The van der Waals surface area contributed by atoms with Crippen LogP contribution >= 0.6 is 0 Å². The fourth-order valence-electron chi connectivity index (χ4n) is 2.81. The second kappa shape index (κ2) is 4.45. The molecule has 0 saturated heterocycles. The van der Waals surface area contributed by atoms with Gasteiger partial charge < -0.3 is 5.32 Å². The topological polar surface area (TPSA) is 12.0 Å². The summed E-state index contributed by atoms with van der Waals surface area (Å²) >= 11 is 0. The Bertz CT molecular complexity index is 232. The molecule has 0 aromatic rings. The predicted octanol–water partition coefficient (Wildman–Crippen LogP) is 4.13. The van der Waals surface area contributed by atoms with Gasteiger partial charge >= 0.3 is 0 Å². The molecule has 0 aromatic heterocycles. The maximum absolute atomic E-state index is 3.73. The van der Waals surface area contributed by atoms with E-state index in [2.05, 4.69) is 52.7 Å². The lowest BCUT2D eigenvalue weighted by atomic mass is 9.86. The van der Waals surface area contributed by atoms with Crippen molar-refractivity contribution in [1.29, 1.82) is 0 Å². The highest BCUT2D eigenvalue weighted by molar-refractivity contribution is 6.76. The minimum atomic E-state index is -0.952. The summed E-state index contributed by atoms with van der Waals surface area (Å²) in [7, 11) is -0.952. The Labute approximate surface area is 103 Å². The zero-order valence-electron chi connectivity index (χ0n) is 12.4. The average molecular weight is 241 g/mol. The van der Waals surface area contributed by atoms with Crippen LogP contribution in [0.2, 0.25) is 25.7 Å². The van der Waals surface area contributed by atoms with Gasteiger partial charge in [0.25, 0.3) is 0 Å². The van der Waals surface area contributed by atoms with Gasteiger partial charge in [-0.2, -0.15) is 0 Å². The third-order valence-electron chi connectivity index (χ3n) is 3.52. The van der Waals surface area contributed by atoms with Crippen LogP contribution in [0, 0.1) is 11.3 Å². The maximum atomic E-state index is 3.73. The van der Waals surface area contributed by atoms with Crippen molar-refractivity contribution in [2.75, 3.05) is 6.54 Å². The third-order valence-corrected chi connectivity index (χ3v) is 5.39. The number of hydrogen-bond acceptors (Lipinski definition) is 1. The van der Waals surface area contributed by atoms with Crippen LogP contribution in [0.3, 0.4) is 0 Å². The molecule has 1 aliphatic carbocycles. The first-order valence-electron chi connectivity index (χ1n) is 6.77. The molecule has 0 spiro atoms. The summed E-state index contributed by atoms with van der Waals surface area (Å²) in [4.78, 5) is 0. The van der Waals surface area contributed by atoms with Crippen LogP contribution in [-0.2, 0) is 0 Å². The molecule has 0 bridgehead atoms. The van der Waals surface area contributed by atoms with Crippen LogP contribution in [0.15, 0.2) is 0 Å². The molecule has 2 heteroatoms. The van der Waals surface area contributed by atoms with Crippen molar-refractivity contribution >= 4 is 8.07 Å². The second-order valence-corrected chi connectivity index (χ2v) is 13.7. The molecule has 16 heavy (non-hydrogen) atoms. The van der Waals surface area contributed by atoms with Gasteiger partial charge in [0.1, 0.15) is 0 Å². The smallest absolute Gasteiger partial charge is 0.0448 e. The second-order valence-electron chi connectivity index (χ2n) is 8.27.